The number of nitrogens with one attached hydrogen (secondary N) is 1. The van der Waals surface area contributed by atoms with Crippen LogP contribution in [0, 0.1) is 25.2 Å². The zero-order valence-corrected chi connectivity index (χ0v) is 18.1. The first-order valence-electron chi connectivity index (χ1n) is 9.81. The molecule has 4 nitrogen and oxygen atoms in total. The number of nitriles is 1. The van der Waals surface area contributed by atoms with E-state index in [1.54, 1.807) is 6.08 Å². The van der Waals surface area contributed by atoms with Crippen LogP contribution < -0.4 is 5.32 Å². The monoisotopic (exact) mass is 377 g/mol. The van der Waals surface area contributed by atoms with Crippen molar-refractivity contribution in [1.29, 1.82) is 5.26 Å². The molecule has 0 aliphatic rings. The molecule has 0 saturated carbocycles. The van der Waals surface area contributed by atoms with Crippen molar-refractivity contribution < 1.29 is 4.79 Å². The van der Waals surface area contributed by atoms with Gasteiger partial charge in [-0.15, -0.1) is 0 Å². The molecule has 0 spiro atoms. The number of carbonyl (C=O) groups is 1. The van der Waals surface area contributed by atoms with Crippen LogP contribution in [0.2, 0.25) is 0 Å². The highest BCUT2D eigenvalue weighted by Crippen LogP contribution is 2.26. The predicted octanol–water partition coefficient (Wildman–Crippen LogP) is 5.21. The summed E-state index contributed by atoms with van der Waals surface area (Å²) in [5.41, 5.74) is 5.55. The van der Waals surface area contributed by atoms with Crippen LogP contribution >= 0.6 is 0 Å². The van der Waals surface area contributed by atoms with E-state index in [1.165, 1.54) is 5.56 Å². The lowest BCUT2D eigenvalue weighted by atomic mass is 9.87. The van der Waals surface area contributed by atoms with Gasteiger partial charge in [0.15, 0.2) is 0 Å². The van der Waals surface area contributed by atoms with E-state index in [9.17, 15) is 10.1 Å². The predicted molar refractivity (Wildman–Crippen MR) is 115 cm³/mol. The van der Waals surface area contributed by atoms with Crippen LogP contribution in [-0.4, -0.2) is 16.5 Å². The van der Waals surface area contributed by atoms with Crippen LogP contribution in [0.4, 0.5) is 0 Å². The summed E-state index contributed by atoms with van der Waals surface area (Å²) in [7, 11) is 0. The van der Waals surface area contributed by atoms with E-state index in [-0.39, 0.29) is 22.9 Å². The Bertz CT molecular complexity index is 918. The summed E-state index contributed by atoms with van der Waals surface area (Å²) in [5.74, 6) is -0.323. The zero-order chi connectivity index (χ0) is 21.1. The molecule has 0 saturated heterocycles. The second-order valence-corrected chi connectivity index (χ2v) is 8.41. The lowest BCUT2D eigenvalue weighted by Gasteiger charge is -2.20. The van der Waals surface area contributed by atoms with Gasteiger partial charge in [0.05, 0.1) is 0 Å². The summed E-state index contributed by atoms with van der Waals surface area (Å²) >= 11 is 0. The summed E-state index contributed by atoms with van der Waals surface area (Å²) in [6.45, 7) is 14.6. The number of rotatable bonds is 5. The van der Waals surface area contributed by atoms with E-state index in [1.807, 2.05) is 39.8 Å². The largest absolute Gasteiger partial charge is 0.349 e. The third kappa shape index (κ3) is 4.72. The molecule has 0 fully saturated rings. The molecular formula is C24H31N3O. The molecule has 0 radical (unpaired) electrons. The fourth-order valence-corrected chi connectivity index (χ4v) is 3.15. The summed E-state index contributed by atoms with van der Waals surface area (Å²) in [6, 6.07) is 12.6. The Morgan fingerprint density at radius 3 is 2.36 bits per heavy atom. The summed E-state index contributed by atoms with van der Waals surface area (Å²) < 4.78 is 2.15. The third-order valence-electron chi connectivity index (χ3n) is 5.12. The first-order chi connectivity index (χ1) is 13.1. The Kier molecular flexibility index (Phi) is 6.51. The van der Waals surface area contributed by atoms with Gasteiger partial charge in [0, 0.05) is 23.1 Å². The molecule has 0 aliphatic carbocycles. The maximum absolute atomic E-state index is 12.3. The second-order valence-electron chi connectivity index (χ2n) is 8.41. The van der Waals surface area contributed by atoms with E-state index in [2.05, 4.69) is 54.9 Å². The smallest absolute Gasteiger partial charge is 0.262 e. The highest BCUT2D eigenvalue weighted by atomic mass is 16.1. The fraction of sp³-hybridized carbons (Fsp3) is 0.417. The van der Waals surface area contributed by atoms with Crippen molar-refractivity contribution in [2.75, 3.05) is 0 Å². The second kappa shape index (κ2) is 8.48. The SMILES string of the molecule is CC[C@H](C)NC(=O)/C(C#N)=C/c1cc(C)n(-c2ccc(C(C)(C)C)cc2)c1C. The zero-order valence-electron chi connectivity index (χ0n) is 18.1. The van der Waals surface area contributed by atoms with Gasteiger partial charge in [-0.2, -0.15) is 5.26 Å². The van der Waals surface area contributed by atoms with Crippen molar-refractivity contribution in [3.8, 4) is 11.8 Å². The van der Waals surface area contributed by atoms with Gasteiger partial charge in [-0.1, -0.05) is 39.8 Å². The molecule has 1 N–H and O–H groups in total. The number of hydrogen-bond acceptors (Lipinski definition) is 2. The maximum Gasteiger partial charge on any atom is 0.262 e. The van der Waals surface area contributed by atoms with Crippen LogP contribution in [-0.2, 0) is 10.2 Å². The number of nitrogens with zero attached hydrogens (tertiary/aromatic N) is 2. The van der Waals surface area contributed by atoms with Crippen LogP contribution in [0.3, 0.4) is 0 Å². The molecule has 2 rings (SSSR count). The van der Waals surface area contributed by atoms with Crippen molar-refractivity contribution in [2.24, 2.45) is 0 Å². The van der Waals surface area contributed by atoms with Gasteiger partial charge < -0.3 is 9.88 Å². The van der Waals surface area contributed by atoms with Crippen LogP contribution in [0.25, 0.3) is 11.8 Å². The number of hydrogen-bond donors (Lipinski definition) is 1. The molecule has 2 aromatic rings. The normalized spacial score (nSPS) is 13.1. The minimum absolute atomic E-state index is 0.0398. The molecule has 0 aliphatic heterocycles. The lowest BCUT2D eigenvalue weighted by molar-refractivity contribution is -0.117. The van der Waals surface area contributed by atoms with Gasteiger partial charge in [0.2, 0.25) is 0 Å². The molecule has 28 heavy (non-hydrogen) atoms. The van der Waals surface area contributed by atoms with E-state index in [4.69, 9.17) is 0 Å². The van der Waals surface area contributed by atoms with Crippen molar-refractivity contribution in [1.82, 2.24) is 9.88 Å². The van der Waals surface area contributed by atoms with Gasteiger partial charge >= 0.3 is 0 Å². The van der Waals surface area contributed by atoms with Crippen molar-refractivity contribution in [3.63, 3.8) is 0 Å². The average molecular weight is 378 g/mol. The maximum atomic E-state index is 12.3. The van der Waals surface area contributed by atoms with Crippen molar-refractivity contribution >= 4 is 12.0 Å². The summed E-state index contributed by atoms with van der Waals surface area (Å²) in [6.07, 6.45) is 2.50. The topological polar surface area (TPSA) is 57.8 Å². The Morgan fingerprint density at radius 1 is 1.25 bits per heavy atom. The number of aromatic nitrogens is 1. The quantitative estimate of drug-likeness (QED) is 0.574. The van der Waals surface area contributed by atoms with Crippen LogP contribution in [0.1, 0.15) is 63.6 Å². The molecule has 1 atom stereocenters. The van der Waals surface area contributed by atoms with Gasteiger partial charge in [-0.05, 0) is 68.0 Å². The first kappa shape index (κ1) is 21.5. The van der Waals surface area contributed by atoms with E-state index >= 15 is 0 Å². The van der Waals surface area contributed by atoms with Gasteiger partial charge in [-0.3, -0.25) is 4.79 Å². The van der Waals surface area contributed by atoms with Crippen molar-refractivity contribution in [3.05, 3.63) is 58.4 Å². The Labute approximate surface area is 168 Å². The molecular weight excluding hydrogens is 346 g/mol. The number of amides is 1. The molecule has 0 unspecified atom stereocenters. The highest BCUT2D eigenvalue weighted by Gasteiger charge is 2.16. The molecule has 1 aromatic carbocycles. The summed E-state index contributed by atoms with van der Waals surface area (Å²) in [5, 5.41) is 12.3. The molecule has 0 bridgehead atoms. The van der Waals surface area contributed by atoms with Gasteiger partial charge in [0.1, 0.15) is 11.6 Å². The van der Waals surface area contributed by atoms with Gasteiger partial charge in [-0.25, -0.2) is 0 Å². The molecule has 1 amide bonds. The Hall–Kier alpha value is -2.80. The molecule has 1 aromatic heterocycles. The molecule has 4 heteroatoms. The summed E-state index contributed by atoms with van der Waals surface area (Å²) in [4.78, 5) is 12.3. The van der Waals surface area contributed by atoms with E-state index in [0.717, 1.165) is 29.1 Å². The Morgan fingerprint density at radius 2 is 1.86 bits per heavy atom. The standard InChI is InChI=1S/C24H31N3O/c1-8-16(2)26-23(28)20(15-25)14-19-13-17(3)27(18(19)4)22-11-9-21(10-12-22)24(5,6)7/h9-14,16H,8H2,1-7H3,(H,26,28)/b20-14+/t16-/m0/s1. The first-order valence-corrected chi connectivity index (χ1v) is 9.81. The highest BCUT2D eigenvalue weighted by molar-refractivity contribution is 6.02. The minimum Gasteiger partial charge on any atom is -0.349 e. The number of carbonyl (C=O) groups excluding carboxylic acids is 1. The average Bonchev–Trinajstić information content (AvgIpc) is 2.92. The molecule has 1 heterocycles. The van der Waals surface area contributed by atoms with Gasteiger partial charge in [0.25, 0.3) is 5.91 Å². The Balaban J connectivity index is 2.40. The van der Waals surface area contributed by atoms with Crippen LogP contribution in [0.15, 0.2) is 35.9 Å². The van der Waals surface area contributed by atoms with E-state index in [0.29, 0.717) is 0 Å². The fourth-order valence-electron chi connectivity index (χ4n) is 3.15. The lowest BCUT2D eigenvalue weighted by Crippen LogP contribution is -2.32. The number of benzene rings is 1. The number of aryl methyl sites for hydroxylation is 1. The van der Waals surface area contributed by atoms with Crippen LogP contribution in [0.5, 0.6) is 0 Å². The molecule has 148 valence electrons. The van der Waals surface area contributed by atoms with E-state index < -0.39 is 0 Å². The minimum atomic E-state index is -0.323. The third-order valence-corrected chi connectivity index (χ3v) is 5.12. The van der Waals surface area contributed by atoms with Crippen molar-refractivity contribution in [2.45, 2.75) is 66.3 Å².